The summed E-state index contributed by atoms with van der Waals surface area (Å²) < 4.78 is 41.2. The van der Waals surface area contributed by atoms with Crippen molar-refractivity contribution in [2.45, 2.75) is 50.6 Å². The number of rotatable bonds is 5. The molecule has 1 amide bonds. The second-order valence-corrected chi connectivity index (χ2v) is 9.62. The zero-order valence-corrected chi connectivity index (χ0v) is 17.9. The smallest absolute Gasteiger partial charge is 0.254 e. The third-order valence-corrected chi connectivity index (χ3v) is 7.45. The molecule has 0 bridgehead atoms. The minimum Gasteiger partial charge on any atom is -0.337 e. The third-order valence-electron chi connectivity index (χ3n) is 5.44. The van der Waals surface area contributed by atoms with Gasteiger partial charge in [0.2, 0.25) is 10.0 Å². The summed E-state index contributed by atoms with van der Waals surface area (Å²) in [5.74, 6) is -0.654. The maximum absolute atomic E-state index is 13.4. The first-order valence-electron chi connectivity index (χ1n) is 9.82. The van der Waals surface area contributed by atoms with E-state index in [0.717, 1.165) is 19.3 Å². The molecule has 1 heterocycles. The summed E-state index contributed by atoms with van der Waals surface area (Å²) in [6, 6.07) is 10.7. The Kier molecular flexibility index (Phi) is 6.39. The lowest BCUT2D eigenvalue weighted by Crippen LogP contribution is -2.42. The van der Waals surface area contributed by atoms with Gasteiger partial charge in [0.15, 0.2) is 0 Å². The van der Waals surface area contributed by atoms with Gasteiger partial charge in [-0.2, -0.15) is 4.31 Å². The topological polar surface area (TPSA) is 57.7 Å². The molecular formula is C22H27FN2O3S. The number of aryl methyl sites for hydroxylation is 1. The second kappa shape index (κ2) is 8.63. The van der Waals surface area contributed by atoms with Crippen LogP contribution in [0.4, 0.5) is 4.39 Å². The molecule has 0 aliphatic carbocycles. The molecule has 29 heavy (non-hydrogen) atoms. The van der Waals surface area contributed by atoms with Gasteiger partial charge in [-0.25, -0.2) is 12.8 Å². The Bertz CT molecular complexity index is 1010. The number of hydrogen-bond donors (Lipinski definition) is 0. The fourth-order valence-electron chi connectivity index (χ4n) is 3.74. The molecule has 2 aromatic rings. The number of nitrogens with zero attached hydrogens (tertiary/aromatic N) is 2. The minimum absolute atomic E-state index is 0.0511. The van der Waals surface area contributed by atoms with Crippen LogP contribution in [0.3, 0.4) is 0 Å². The standard InChI is InChI=1S/C22H27FN2O3S/c1-16-10-11-20(29(27,28)25-12-5-4-7-17(25)2)14-21(16)22(26)24(3)15-18-8-6-9-19(23)13-18/h6,8-11,13-14,17H,4-5,7,12,15H2,1-3H3/t17-/m0/s1. The van der Waals surface area contributed by atoms with E-state index in [2.05, 4.69) is 0 Å². The van der Waals surface area contributed by atoms with Crippen LogP contribution in [0.1, 0.15) is 47.7 Å². The Balaban J connectivity index is 1.87. The van der Waals surface area contributed by atoms with Gasteiger partial charge in [0.05, 0.1) is 4.90 Å². The van der Waals surface area contributed by atoms with Crippen molar-refractivity contribution in [3.05, 3.63) is 65.0 Å². The first kappa shape index (κ1) is 21.5. The molecule has 0 spiro atoms. The summed E-state index contributed by atoms with van der Waals surface area (Å²) in [4.78, 5) is 14.6. The van der Waals surface area contributed by atoms with Crippen LogP contribution < -0.4 is 0 Å². The lowest BCUT2D eigenvalue weighted by molar-refractivity contribution is 0.0784. The van der Waals surface area contributed by atoms with Crippen molar-refractivity contribution in [1.82, 2.24) is 9.21 Å². The van der Waals surface area contributed by atoms with Gasteiger partial charge in [-0.15, -0.1) is 0 Å². The van der Waals surface area contributed by atoms with E-state index in [9.17, 15) is 17.6 Å². The molecule has 0 radical (unpaired) electrons. The highest BCUT2D eigenvalue weighted by atomic mass is 32.2. The Morgan fingerprint density at radius 1 is 1.21 bits per heavy atom. The van der Waals surface area contributed by atoms with Crippen LogP contribution in [0.25, 0.3) is 0 Å². The van der Waals surface area contributed by atoms with Crippen LogP contribution in [0, 0.1) is 12.7 Å². The van der Waals surface area contributed by atoms with Crippen LogP contribution in [-0.2, 0) is 16.6 Å². The normalized spacial score (nSPS) is 17.9. The average molecular weight is 419 g/mol. The quantitative estimate of drug-likeness (QED) is 0.738. The highest BCUT2D eigenvalue weighted by Gasteiger charge is 2.31. The van der Waals surface area contributed by atoms with Crippen molar-refractivity contribution in [1.29, 1.82) is 0 Å². The fourth-order valence-corrected chi connectivity index (χ4v) is 5.47. The van der Waals surface area contributed by atoms with Crippen molar-refractivity contribution in [2.75, 3.05) is 13.6 Å². The van der Waals surface area contributed by atoms with E-state index in [-0.39, 0.29) is 29.2 Å². The number of piperidine rings is 1. The van der Waals surface area contributed by atoms with E-state index in [1.54, 1.807) is 38.2 Å². The van der Waals surface area contributed by atoms with Crippen LogP contribution in [0.2, 0.25) is 0 Å². The van der Waals surface area contributed by atoms with E-state index >= 15 is 0 Å². The predicted octanol–water partition coefficient (Wildman–Crippen LogP) is 3.97. The largest absolute Gasteiger partial charge is 0.337 e. The van der Waals surface area contributed by atoms with Crippen molar-refractivity contribution < 1.29 is 17.6 Å². The predicted molar refractivity (Wildman–Crippen MR) is 111 cm³/mol. The van der Waals surface area contributed by atoms with Gasteiger partial charge in [0.25, 0.3) is 5.91 Å². The van der Waals surface area contributed by atoms with Gasteiger partial charge in [-0.1, -0.05) is 24.6 Å². The van der Waals surface area contributed by atoms with Gasteiger partial charge in [-0.05, 0) is 62.1 Å². The van der Waals surface area contributed by atoms with E-state index < -0.39 is 10.0 Å². The number of sulfonamides is 1. The number of benzene rings is 2. The lowest BCUT2D eigenvalue weighted by Gasteiger charge is -2.32. The Morgan fingerprint density at radius 2 is 1.97 bits per heavy atom. The van der Waals surface area contributed by atoms with Crippen molar-refractivity contribution in [2.24, 2.45) is 0 Å². The third kappa shape index (κ3) is 4.67. The second-order valence-electron chi connectivity index (χ2n) is 7.73. The highest BCUT2D eigenvalue weighted by molar-refractivity contribution is 7.89. The molecule has 7 heteroatoms. The molecule has 0 saturated carbocycles. The first-order valence-corrected chi connectivity index (χ1v) is 11.3. The average Bonchev–Trinajstić information content (AvgIpc) is 2.68. The maximum Gasteiger partial charge on any atom is 0.254 e. The van der Waals surface area contributed by atoms with E-state index in [4.69, 9.17) is 0 Å². The van der Waals surface area contributed by atoms with E-state index in [0.29, 0.717) is 23.2 Å². The van der Waals surface area contributed by atoms with E-state index in [1.807, 2.05) is 6.92 Å². The molecule has 1 atom stereocenters. The van der Waals surface area contributed by atoms with Crippen LogP contribution in [0.15, 0.2) is 47.4 Å². The van der Waals surface area contributed by atoms with Crippen molar-refractivity contribution in [3.63, 3.8) is 0 Å². The Labute approximate surface area is 172 Å². The molecule has 1 saturated heterocycles. The zero-order chi connectivity index (χ0) is 21.2. The minimum atomic E-state index is -3.66. The molecule has 2 aromatic carbocycles. The lowest BCUT2D eigenvalue weighted by atomic mass is 10.1. The molecule has 0 aromatic heterocycles. The van der Waals surface area contributed by atoms with Gasteiger partial charge in [0, 0.05) is 31.7 Å². The molecular weight excluding hydrogens is 391 g/mol. The number of hydrogen-bond acceptors (Lipinski definition) is 3. The molecule has 3 rings (SSSR count). The van der Waals surface area contributed by atoms with Crippen molar-refractivity contribution in [3.8, 4) is 0 Å². The molecule has 0 N–H and O–H groups in total. The maximum atomic E-state index is 13.4. The van der Waals surface area contributed by atoms with Gasteiger partial charge in [-0.3, -0.25) is 4.79 Å². The van der Waals surface area contributed by atoms with Crippen LogP contribution >= 0.6 is 0 Å². The fraction of sp³-hybridized carbons (Fsp3) is 0.409. The SMILES string of the molecule is Cc1ccc(S(=O)(=O)N2CCCC[C@@H]2C)cc1C(=O)N(C)Cc1cccc(F)c1. The van der Waals surface area contributed by atoms with Crippen LogP contribution in [0.5, 0.6) is 0 Å². The molecule has 1 aliphatic heterocycles. The number of halogens is 1. The van der Waals surface area contributed by atoms with Crippen molar-refractivity contribution >= 4 is 15.9 Å². The van der Waals surface area contributed by atoms with Gasteiger partial charge in [0.1, 0.15) is 5.82 Å². The molecule has 156 valence electrons. The summed E-state index contributed by atoms with van der Waals surface area (Å²) in [5, 5.41) is 0. The zero-order valence-electron chi connectivity index (χ0n) is 17.1. The number of carbonyl (C=O) groups excluding carboxylic acids is 1. The van der Waals surface area contributed by atoms with Gasteiger partial charge < -0.3 is 4.90 Å². The molecule has 1 aliphatic rings. The Hall–Kier alpha value is -2.25. The summed E-state index contributed by atoms with van der Waals surface area (Å²) in [5.41, 5.74) is 1.71. The molecule has 0 unspecified atom stereocenters. The molecule has 1 fully saturated rings. The van der Waals surface area contributed by atoms with Crippen LogP contribution in [-0.4, -0.2) is 43.2 Å². The number of amides is 1. The first-order chi connectivity index (χ1) is 13.7. The summed E-state index contributed by atoms with van der Waals surface area (Å²) >= 11 is 0. The summed E-state index contributed by atoms with van der Waals surface area (Å²) in [6.45, 7) is 4.43. The number of carbonyl (C=O) groups is 1. The summed E-state index contributed by atoms with van der Waals surface area (Å²) in [6.07, 6.45) is 2.71. The van der Waals surface area contributed by atoms with E-state index in [1.165, 1.54) is 27.4 Å². The summed E-state index contributed by atoms with van der Waals surface area (Å²) in [7, 11) is -2.04. The van der Waals surface area contributed by atoms with Gasteiger partial charge >= 0.3 is 0 Å². The molecule has 5 nitrogen and oxygen atoms in total. The highest BCUT2D eigenvalue weighted by Crippen LogP contribution is 2.27. The Morgan fingerprint density at radius 3 is 2.66 bits per heavy atom. The monoisotopic (exact) mass is 418 g/mol.